The lowest BCUT2D eigenvalue weighted by atomic mass is 10.0. The van der Waals surface area contributed by atoms with Crippen molar-refractivity contribution in [3.05, 3.63) is 46.8 Å². The number of nitrogens with one attached hydrogen (secondary N) is 3. The lowest BCUT2D eigenvalue weighted by Gasteiger charge is -2.25. The van der Waals surface area contributed by atoms with Gasteiger partial charge in [0.15, 0.2) is 5.69 Å². The number of carbonyl (C=O) groups is 1. The molecule has 22 heavy (non-hydrogen) atoms. The Balaban J connectivity index is 1.57. The van der Waals surface area contributed by atoms with Crippen LogP contribution in [0.4, 0.5) is 0 Å². The zero-order valence-corrected chi connectivity index (χ0v) is 13.0. The minimum atomic E-state index is -0.0760. The molecule has 1 amide bonds. The van der Waals surface area contributed by atoms with Crippen molar-refractivity contribution in [3.63, 3.8) is 0 Å². The molecule has 5 nitrogen and oxygen atoms in total. The quantitative estimate of drug-likeness (QED) is 0.793. The highest BCUT2D eigenvalue weighted by molar-refractivity contribution is 7.99. The molecule has 0 aliphatic carbocycles. The molecular weight excluding hydrogens is 296 g/mol. The number of aromatic amines is 1. The van der Waals surface area contributed by atoms with Crippen molar-refractivity contribution < 1.29 is 4.79 Å². The van der Waals surface area contributed by atoms with Crippen molar-refractivity contribution in [2.75, 3.05) is 12.3 Å². The number of hydrogen-bond donors (Lipinski definition) is 3. The molecular formula is C16H18N4OS. The van der Waals surface area contributed by atoms with Crippen molar-refractivity contribution in [1.82, 2.24) is 20.8 Å². The van der Waals surface area contributed by atoms with E-state index in [1.165, 1.54) is 10.5 Å². The molecule has 0 saturated carbocycles. The third-order valence-electron chi connectivity index (χ3n) is 4.29. The third-order valence-corrected chi connectivity index (χ3v) is 5.41. The van der Waals surface area contributed by atoms with Crippen molar-refractivity contribution in [2.24, 2.45) is 0 Å². The topological polar surface area (TPSA) is 69.8 Å². The SMILES string of the molecule is O=C(NC1CCSc2ccccc21)c1n[nH]c2c1CNCC2. The van der Waals surface area contributed by atoms with Gasteiger partial charge < -0.3 is 10.6 Å². The second kappa shape index (κ2) is 5.78. The maximum atomic E-state index is 12.6. The first kappa shape index (κ1) is 13.8. The molecule has 0 radical (unpaired) electrons. The van der Waals surface area contributed by atoms with Gasteiger partial charge in [0.1, 0.15) is 0 Å². The Bertz CT molecular complexity index is 712. The Morgan fingerprint density at radius 1 is 1.36 bits per heavy atom. The molecule has 6 heteroatoms. The van der Waals surface area contributed by atoms with Gasteiger partial charge in [-0.1, -0.05) is 18.2 Å². The number of rotatable bonds is 2. The first-order valence-electron chi connectivity index (χ1n) is 7.62. The van der Waals surface area contributed by atoms with E-state index in [4.69, 9.17) is 0 Å². The molecule has 1 unspecified atom stereocenters. The van der Waals surface area contributed by atoms with Crippen LogP contribution >= 0.6 is 11.8 Å². The largest absolute Gasteiger partial charge is 0.344 e. The first-order chi connectivity index (χ1) is 10.8. The van der Waals surface area contributed by atoms with Crippen molar-refractivity contribution >= 4 is 17.7 Å². The van der Waals surface area contributed by atoms with Crippen molar-refractivity contribution in [2.45, 2.75) is 30.3 Å². The third kappa shape index (κ3) is 2.42. The molecule has 1 aromatic heterocycles. The molecule has 2 aliphatic heterocycles. The van der Waals surface area contributed by atoms with Crippen LogP contribution in [0.25, 0.3) is 0 Å². The number of fused-ring (bicyclic) bond motifs is 2. The van der Waals surface area contributed by atoms with E-state index in [-0.39, 0.29) is 11.9 Å². The van der Waals surface area contributed by atoms with E-state index in [2.05, 4.69) is 33.0 Å². The molecule has 1 atom stereocenters. The minimum absolute atomic E-state index is 0.0760. The molecule has 0 spiro atoms. The average molecular weight is 314 g/mol. The summed E-state index contributed by atoms with van der Waals surface area (Å²) >= 11 is 1.86. The van der Waals surface area contributed by atoms with Gasteiger partial charge in [-0.15, -0.1) is 11.8 Å². The fraction of sp³-hybridized carbons (Fsp3) is 0.375. The molecule has 0 saturated heterocycles. The summed E-state index contributed by atoms with van der Waals surface area (Å²) in [5, 5.41) is 13.7. The van der Waals surface area contributed by atoms with Crippen LogP contribution in [0.3, 0.4) is 0 Å². The van der Waals surface area contributed by atoms with Crippen LogP contribution in [0.1, 0.15) is 39.8 Å². The van der Waals surface area contributed by atoms with Gasteiger partial charge in [0.25, 0.3) is 5.91 Å². The highest BCUT2D eigenvalue weighted by atomic mass is 32.2. The summed E-state index contributed by atoms with van der Waals surface area (Å²) in [7, 11) is 0. The zero-order chi connectivity index (χ0) is 14.9. The summed E-state index contributed by atoms with van der Waals surface area (Å²) in [6, 6.07) is 8.39. The summed E-state index contributed by atoms with van der Waals surface area (Å²) in [5.74, 6) is 0.954. The van der Waals surface area contributed by atoms with Gasteiger partial charge in [-0.05, 0) is 18.1 Å². The van der Waals surface area contributed by atoms with E-state index in [1.54, 1.807) is 0 Å². The van der Waals surface area contributed by atoms with E-state index < -0.39 is 0 Å². The summed E-state index contributed by atoms with van der Waals surface area (Å²) < 4.78 is 0. The van der Waals surface area contributed by atoms with Crippen LogP contribution in [-0.2, 0) is 13.0 Å². The summed E-state index contributed by atoms with van der Waals surface area (Å²) in [6.45, 7) is 1.65. The van der Waals surface area contributed by atoms with Crippen LogP contribution < -0.4 is 10.6 Å². The number of aromatic nitrogens is 2. The molecule has 0 fully saturated rings. The minimum Gasteiger partial charge on any atom is -0.344 e. The number of benzene rings is 1. The van der Waals surface area contributed by atoms with Crippen LogP contribution in [0.2, 0.25) is 0 Å². The number of thioether (sulfide) groups is 1. The predicted molar refractivity (Wildman–Crippen MR) is 86.0 cm³/mol. The first-order valence-corrected chi connectivity index (χ1v) is 8.61. The fourth-order valence-corrected chi connectivity index (χ4v) is 4.26. The van der Waals surface area contributed by atoms with Crippen LogP contribution in [-0.4, -0.2) is 28.4 Å². The Morgan fingerprint density at radius 2 is 2.27 bits per heavy atom. The van der Waals surface area contributed by atoms with E-state index in [0.29, 0.717) is 12.2 Å². The number of carbonyl (C=O) groups excluding carboxylic acids is 1. The highest BCUT2D eigenvalue weighted by Gasteiger charge is 2.26. The van der Waals surface area contributed by atoms with E-state index in [1.807, 2.05) is 23.9 Å². The van der Waals surface area contributed by atoms with E-state index in [0.717, 1.165) is 36.4 Å². The number of nitrogens with zero attached hydrogens (tertiary/aromatic N) is 1. The Hall–Kier alpha value is -1.79. The smallest absolute Gasteiger partial charge is 0.272 e. The van der Waals surface area contributed by atoms with Gasteiger partial charge in [0.05, 0.1) is 6.04 Å². The second-order valence-corrected chi connectivity index (χ2v) is 6.79. The van der Waals surface area contributed by atoms with Crippen molar-refractivity contribution in [1.29, 1.82) is 0 Å². The predicted octanol–water partition coefficient (Wildman–Crippen LogP) is 2.02. The fourth-order valence-electron chi connectivity index (χ4n) is 3.13. The van der Waals surface area contributed by atoms with Crippen LogP contribution in [0, 0.1) is 0 Å². The van der Waals surface area contributed by atoms with Gasteiger partial charge in [-0.2, -0.15) is 5.10 Å². The van der Waals surface area contributed by atoms with Crippen molar-refractivity contribution in [3.8, 4) is 0 Å². The van der Waals surface area contributed by atoms with E-state index in [9.17, 15) is 4.79 Å². The van der Waals surface area contributed by atoms with Gasteiger partial charge in [0, 0.05) is 41.4 Å². The molecule has 2 aliphatic rings. The molecule has 4 rings (SSSR count). The normalized spacial score (nSPS) is 20.1. The molecule has 3 heterocycles. The molecule has 3 N–H and O–H groups in total. The van der Waals surface area contributed by atoms with Crippen LogP contribution in [0.15, 0.2) is 29.2 Å². The second-order valence-electron chi connectivity index (χ2n) is 5.66. The Morgan fingerprint density at radius 3 is 3.23 bits per heavy atom. The zero-order valence-electron chi connectivity index (χ0n) is 12.2. The van der Waals surface area contributed by atoms with E-state index >= 15 is 0 Å². The molecule has 2 aromatic rings. The maximum Gasteiger partial charge on any atom is 0.272 e. The van der Waals surface area contributed by atoms with Gasteiger partial charge >= 0.3 is 0 Å². The summed E-state index contributed by atoms with van der Waals surface area (Å²) in [4.78, 5) is 13.9. The summed E-state index contributed by atoms with van der Waals surface area (Å²) in [6.07, 6.45) is 1.86. The number of hydrogen-bond acceptors (Lipinski definition) is 4. The Labute approximate surface area is 133 Å². The van der Waals surface area contributed by atoms with Crippen LogP contribution in [0.5, 0.6) is 0 Å². The van der Waals surface area contributed by atoms with Gasteiger partial charge in [-0.3, -0.25) is 9.89 Å². The molecule has 1 aromatic carbocycles. The lowest BCUT2D eigenvalue weighted by molar-refractivity contribution is 0.0928. The lowest BCUT2D eigenvalue weighted by Crippen LogP contribution is -2.32. The number of H-pyrrole nitrogens is 1. The van der Waals surface area contributed by atoms with Gasteiger partial charge in [-0.25, -0.2) is 0 Å². The molecule has 0 bridgehead atoms. The highest BCUT2D eigenvalue weighted by Crippen LogP contribution is 2.36. The average Bonchev–Trinajstić information content (AvgIpc) is 2.99. The molecule has 114 valence electrons. The summed E-state index contributed by atoms with van der Waals surface area (Å²) in [5.41, 5.74) is 3.86. The van der Waals surface area contributed by atoms with Gasteiger partial charge in [0.2, 0.25) is 0 Å². The maximum absolute atomic E-state index is 12.6. The standard InChI is InChI=1S/C16H18N4OS/c21-16(15-11-9-17-7-5-13(11)19-20-15)18-12-6-8-22-14-4-2-1-3-10(12)14/h1-4,12,17H,5-9H2,(H,18,21)(H,19,20). The Kier molecular flexibility index (Phi) is 3.63. The monoisotopic (exact) mass is 314 g/mol. The number of amides is 1.